The van der Waals surface area contributed by atoms with E-state index >= 15 is 0 Å². The van der Waals surface area contributed by atoms with Crippen LogP contribution >= 0.6 is 7.82 Å². The molecule has 0 heterocycles. The van der Waals surface area contributed by atoms with E-state index in [2.05, 4.69) is 55.6 Å². The number of phosphoric acid groups is 1. The van der Waals surface area contributed by atoms with Crippen LogP contribution in [-0.2, 0) is 18.4 Å². The van der Waals surface area contributed by atoms with Crippen LogP contribution in [0, 0.1) is 0 Å². The lowest BCUT2D eigenvalue weighted by atomic mass is 10.0. The summed E-state index contributed by atoms with van der Waals surface area (Å²) in [6.45, 7) is 4.81. The number of hydrogen-bond acceptors (Lipinski definition) is 5. The maximum Gasteiger partial charge on any atom is 0.472 e. The lowest BCUT2D eigenvalue weighted by Crippen LogP contribution is -2.45. The number of rotatable bonds is 53. The van der Waals surface area contributed by atoms with Crippen LogP contribution in [0.25, 0.3) is 0 Å². The van der Waals surface area contributed by atoms with Crippen molar-refractivity contribution in [3.63, 3.8) is 0 Å². The predicted molar refractivity (Wildman–Crippen MR) is 295 cm³/mol. The molecule has 0 spiro atoms. The van der Waals surface area contributed by atoms with Gasteiger partial charge in [0.25, 0.3) is 0 Å². The maximum absolute atomic E-state index is 13.0. The highest BCUT2D eigenvalue weighted by molar-refractivity contribution is 7.47. The fraction of sp³-hybridized carbons (Fsp3) is 0.847. The Morgan fingerprint density at radius 2 is 0.809 bits per heavy atom. The zero-order chi connectivity index (χ0) is 49.9. The van der Waals surface area contributed by atoms with Crippen molar-refractivity contribution in [1.82, 2.24) is 5.32 Å². The fourth-order valence-electron chi connectivity index (χ4n) is 8.42. The van der Waals surface area contributed by atoms with Gasteiger partial charge in [0, 0.05) is 6.42 Å². The molecule has 0 aliphatic carbocycles. The Morgan fingerprint density at radius 1 is 0.485 bits per heavy atom. The van der Waals surface area contributed by atoms with Gasteiger partial charge in [-0.1, -0.05) is 242 Å². The van der Waals surface area contributed by atoms with Crippen LogP contribution in [0.15, 0.2) is 48.6 Å². The van der Waals surface area contributed by atoms with Gasteiger partial charge in [0.05, 0.1) is 39.9 Å². The van der Waals surface area contributed by atoms with Gasteiger partial charge < -0.3 is 19.8 Å². The van der Waals surface area contributed by atoms with Crippen LogP contribution in [0.3, 0.4) is 0 Å². The molecule has 0 aromatic carbocycles. The molecule has 3 unspecified atom stereocenters. The number of likely N-dealkylation sites (N-methyl/N-ethyl adjacent to an activating group) is 1. The first-order chi connectivity index (χ1) is 33.0. The summed E-state index contributed by atoms with van der Waals surface area (Å²) >= 11 is 0. The molecule has 0 saturated heterocycles. The van der Waals surface area contributed by atoms with Crippen LogP contribution in [0.5, 0.6) is 0 Å². The molecule has 0 fully saturated rings. The van der Waals surface area contributed by atoms with Crippen LogP contribution < -0.4 is 5.32 Å². The molecular formula is C59H114N2O6P+. The van der Waals surface area contributed by atoms with Crippen molar-refractivity contribution in [2.24, 2.45) is 0 Å². The molecule has 400 valence electrons. The Balaban J connectivity index is 4.23. The van der Waals surface area contributed by atoms with Crippen molar-refractivity contribution in [2.45, 2.75) is 283 Å². The zero-order valence-electron chi connectivity index (χ0n) is 45.6. The average Bonchev–Trinajstić information content (AvgIpc) is 3.30. The van der Waals surface area contributed by atoms with Gasteiger partial charge in [-0.05, 0) is 70.6 Å². The summed E-state index contributed by atoms with van der Waals surface area (Å²) in [4.78, 5) is 23.3. The number of hydrogen-bond donors (Lipinski definition) is 3. The van der Waals surface area contributed by atoms with E-state index in [0.717, 1.165) is 44.9 Å². The number of nitrogens with one attached hydrogen (secondary N) is 1. The number of carbonyl (C=O) groups excluding carboxylic acids is 1. The number of allylic oxidation sites excluding steroid dienone is 7. The van der Waals surface area contributed by atoms with Gasteiger partial charge in [0.2, 0.25) is 5.91 Å². The molecule has 0 aliphatic heterocycles. The molecule has 0 bridgehead atoms. The number of unbranched alkanes of at least 4 members (excludes halogenated alkanes) is 34. The first kappa shape index (κ1) is 66.5. The lowest BCUT2D eigenvalue weighted by molar-refractivity contribution is -0.870. The van der Waals surface area contributed by atoms with E-state index in [4.69, 9.17) is 9.05 Å². The van der Waals surface area contributed by atoms with Gasteiger partial charge in [-0.3, -0.25) is 13.8 Å². The van der Waals surface area contributed by atoms with E-state index in [1.807, 2.05) is 27.2 Å². The summed E-state index contributed by atoms with van der Waals surface area (Å²) in [5, 5.41) is 13.9. The van der Waals surface area contributed by atoms with E-state index in [1.165, 1.54) is 205 Å². The second-order valence-corrected chi connectivity index (χ2v) is 22.4. The molecule has 0 aromatic heterocycles. The number of quaternary nitrogens is 1. The molecular weight excluding hydrogens is 864 g/mol. The highest BCUT2D eigenvalue weighted by Gasteiger charge is 2.27. The predicted octanol–water partition coefficient (Wildman–Crippen LogP) is 17.5. The van der Waals surface area contributed by atoms with Gasteiger partial charge in [-0.15, -0.1) is 0 Å². The van der Waals surface area contributed by atoms with Crippen LogP contribution in [0.1, 0.15) is 271 Å². The smallest absolute Gasteiger partial charge is 0.387 e. The Labute approximate surface area is 422 Å². The molecule has 8 nitrogen and oxygen atoms in total. The van der Waals surface area contributed by atoms with E-state index < -0.39 is 20.0 Å². The average molecular weight is 979 g/mol. The minimum atomic E-state index is -4.36. The third-order valence-electron chi connectivity index (χ3n) is 13.0. The largest absolute Gasteiger partial charge is 0.472 e. The number of carbonyl (C=O) groups is 1. The molecule has 9 heteroatoms. The highest BCUT2D eigenvalue weighted by Crippen LogP contribution is 2.43. The van der Waals surface area contributed by atoms with E-state index in [9.17, 15) is 19.4 Å². The van der Waals surface area contributed by atoms with Gasteiger partial charge >= 0.3 is 7.82 Å². The van der Waals surface area contributed by atoms with Crippen molar-refractivity contribution in [1.29, 1.82) is 0 Å². The minimum absolute atomic E-state index is 0.0531. The Kier molecular flexibility index (Phi) is 49.3. The molecule has 0 aliphatic rings. The molecule has 0 rings (SSSR count). The van der Waals surface area contributed by atoms with Crippen molar-refractivity contribution in [3.05, 3.63) is 48.6 Å². The molecule has 3 N–H and O–H groups in total. The summed E-state index contributed by atoms with van der Waals surface area (Å²) in [5.41, 5.74) is 0. The fourth-order valence-corrected chi connectivity index (χ4v) is 9.16. The highest BCUT2D eigenvalue weighted by atomic mass is 31.2. The third-order valence-corrected chi connectivity index (χ3v) is 14.0. The molecule has 3 atom stereocenters. The quantitative estimate of drug-likeness (QED) is 0.0243. The Morgan fingerprint density at radius 3 is 1.18 bits per heavy atom. The van der Waals surface area contributed by atoms with E-state index in [0.29, 0.717) is 17.4 Å². The third kappa shape index (κ3) is 52.3. The van der Waals surface area contributed by atoms with Gasteiger partial charge in [-0.25, -0.2) is 4.57 Å². The number of phosphoric ester groups is 1. The molecule has 68 heavy (non-hydrogen) atoms. The van der Waals surface area contributed by atoms with Crippen molar-refractivity contribution in [3.8, 4) is 0 Å². The number of nitrogens with zero attached hydrogens (tertiary/aromatic N) is 1. The standard InChI is InChI=1S/C59H113N2O6P/c1-6-8-10-12-14-16-18-20-22-24-26-27-28-29-30-31-32-33-35-37-39-41-43-45-47-49-51-53-59(63)60-57(56-67-68(64,65)66-55-54-61(3,4)5)58(62)52-50-48-46-44-42-40-38-36-34-25-23-21-19-17-15-13-11-9-7-2/h29-30,34,36,42,44,50,52,57-58,62H,6-28,31-33,35,37-41,43,45-49,51,53-56H2,1-5H3,(H-,60,63,64,65)/p+1/b30-29-,36-34+,44-42+,52-50+. The first-order valence-electron chi connectivity index (χ1n) is 29.0. The Bertz CT molecular complexity index is 1250. The zero-order valence-corrected chi connectivity index (χ0v) is 46.5. The monoisotopic (exact) mass is 978 g/mol. The lowest BCUT2D eigenvalue weighted by Gasteiger charge is -2.25. The van der Waals surface area contributed by atoms with Gasteiger partial charge in [0.1, 0.15) is 13.2 Å². The van der Waals surface area contributed by atoms with Gasteiger partial charge in [-0.2, -0.15) is 0 Å². The minimum Gasteiger partial charge on any atom is -0.387 e. The molecule has 0 saturated carbocycles. The molecule has 0 aromatic rings. The van der Waals surface area contributed by atoms with E-state index in [-0.39, 0.29) is 19.1 Å². The molecule has 1 amide bonds. The van der Waals surface area contributed by atoms with E-state index in [1.54, 1.807) is 6.08 Å². The van der Waals surface area contributed by atoms with Crippen molar-refractivity contribution < 1.29 is 32.9 Å². The summed E-state index contributed by atoms with van der Waals surface area (Å²) in [7, 11) is 1.55. The molecule has 0 radical (unpaired) electrons. The summed E-state index contributed by atoms with van der Waals surface area (Å²) in [5.74, 6) is -0.190. The van der Waals surface area contributed by atoms with Crippen molar-refractivity contribution >= 4 is 13.7 Å². The topological polar surface area (TPSA) is 105 Å². The van der Waals surface area contributed by atoms with Crippen LogP contribution in [-0.4, -0.2) is 73.4 Å². The summed E-state index contributed by atoms with van der Waals surface area (Å²) in [6.07, 6.45) is 66.5. The normalized spacial score (nSPS) is 14.3. The van der Waals surface area contributed by atoms with Crippen LogP contribution in [0.2, 0.25) is 0 Å². The summed E-state index contributed by atoms with van der Waals surface area (Å²) in [6, 6.07) is -0.871. The number of amides is 1. The second-order valence-electron chi connectivity index (χ2n) is 21.0. The summed E-state index contributed by atoms with van der Waals surface area (Å²) < 4.78 is 23.7. The SMILES string of the molecule is CCCCCCCCCCC/C=C/CC/C=C/CC/C=C/C(O)C(COP(=O)(O)OCC[N+](C)(C)C)NC(=O)CCCCCCCCCCCCC/C=C\CCCCCCCCCCCCCC. The number of aliphatic hydroxyl groups is 1. The maximum atomic E-state index is 13.0. The second kappa shape index (κ2) is 50.4. The van der Waals surface area contributed by atoms with Crippen molar-refractivity contribution in [2.75, 3.05) is 40.9 Å². The van der Waals surface area contributed by atoms with Crippen LogP contribution in [0.4, 0.5) is 0 Å². The first-order valence-corrected chi connectivity index (χ1v) is 30.5. The number of aliphatic hydroxyl groups excluding tert-OH is 1. The Hall–Kier alpha value is -1.54. The van der Waals surface area contributed by atoms with Gasteiger partial charge in [0.15, 0.2) is 0 Å².